The predicted molar refractivity (Wildman–Crippen MR) is 114 cm³/mol. The zero-order chi connectivity index (χ0) is 21.2. The summed E-state index contributed by atoms with van der Waals surface area (Å²) in [4.78, 5) is 20.2. The summed E-state index contributed by atoms with van der Waals surface area (Å²) in [5.74, 6) is -1.38. The van der Waals surface area contributed by atoms with Gasteiger partial charge in [-0.05, 0) is 42.5 Å². The Labute approximate surface area is 219 Å². The standard InChI is InChI=1S/C20H25N3O5S.K/c1-13(2)18(19(24)25)17-10-11-21-20(22-17)23(29(26,27)16-8-9-16)12-14-4-6-15(28-3)7-5-14;/h4-7,10-11,13,16,18H,8-9,12H2,1-3H3,(H,24,25);. The summed E-state index contributed by atoms with van der Waals surface area (Å²) in [5, 5.41) is 9.11. The van der Waals surface area contributed by atoms with E-state index in [4.69, 9.17) is 4.74 Å². The number of aromatic nitrogens is 2. The average Bonchev–Trinajstić information content (AvgIpc) is 3.52. The first-order valence-electron chi connectivity index (χ1n) is 9.44. The van der Waals surface area contributed by atoms with E-state index >= 15 is 0 Å². The zero-order valence-corrected chi connectivity index (χ0v) is 21.6. The van der Waals surface area contributed by atoms with Crippen LogP contribution in [0.5, 0.6) is 5.75 Å². The fourth-order valence-electron chi connectivity index (χ4n) is 3.13. The van der Waals surface area contributed by atoms with Crippen molar-refractivity contribution < 1.29 is 23.1 Å². The summed E-state index contributed by atoms with van der Waals surface area (Å²) >= 11 is 0. The van der Waals surface area contributed by atoms with Gasteiger partial charge in [0.15, 0.2) is 0 Å². The van der Waals surface area contributed by atoms with Crippen molar-refractivity contribution in [2.24, 2.45) is 5.92 Å². The molecule has 0 spiro atoms. The molecule has 0 saturated heterocycles. The maximum atomic E-state index is 13.1. The molecule has 1 N–H and O–H groups in total. The van der Waals surface area contributed by atoms with Gasteiger partial charge in [-0.15, -0.1) is 0 Å². The number of methoxy groups -OCH3 is 1. The molecule has 1 atom stereocenters. The molecule has 3 rings (SSSR count). The molecule has 1 aliphatic rings. The smallest absolute Gasteiger partial charge is 0.312 e. The number of carboxylic acid groups (broad SMARTS) is 1. The van der Waals surface area contributed by atoms with E-state index in [0.29, 0.717) is 24.3 Å². The molecule has 0 bridgehead atoms. The number of hydrogen-bond acceptors (Lipinski definition) is 6. The second kappa shape index (κ2) is 10.5. The maximum Gasteiger partial charge on any atom is 0.312 e. The van der Waals surface area contributed by atoms with Crippen LogP contribution in [-0.4, -0.2) is 93.2 Å². The minimum absolute atomic E-state index is 0. The Morgan fingerprint density at radius 1 is 1.23 bits per heavy atom. The van der Waals surface area contributed by atoms with Gasteiger partial charge in [-0.25, -0.2) is 22.7 Å². The molecule has 30 heavy (non-hydrogen) atoms. The van der Waals surface area contributed by atoms with E-state index in [1.54, 1.807) is 45.2 Å². The van der Waals surface area contributed by atoms with Crippen LogP contribution in [0.2, 0.25) is 0 Å². The monoisotopic (exact) mass is 458 g/mol. The van der Waals surface area contributed by atoms with Crippen molar-refractivity contribution in [3.63, 3.8) is 0 Å². The summed E-state index contributed by atoms with van der Waals surface area (Å²) in [6, 6.07) is 8.61. The van der Waals surface area contributed by atoms with Gasteiger partial charge >= 0.3 is 5.97 Å². The number of hydrogen-bond donors (Lipinski definition) is 1. The van der Waals surface area contributed by atoms with Gasteiger partial charge in [-0.2, -0.15) is 0 Å². The summed E-state index contributed by atoms with van der Waals surface area (Å²) in [5.41, 5.74) is 1.05. The molecule has 1 aromatic heterocycles. The van der Waals surface area contributed by atoms with Crippen LogP contribution in [0.15, 0.2) is 36.5 Å². The quantitative estimate of drug-likeness (QED) is 0.575. The summed E-state index contributed by atoms with van der Waals surface area (Å²) in [6.45, 7) is 3.64. The van der Waals surface area contributed by atoms with E-state index in [1.165, 1.54) is 16.6 Å². The number of sulfonamides is 1. The van der Waals surface area contributed by atoms with E-state index in [0.717, 1.165) is 5.56 Å². The van der Waals surface area contributed by atoms with Crippen molar-refractivity contribution in [3.8, 4) is 5.75 Å². The Bertz CT molecular complexity index is 978. The number of benzene rings is 1. The van der Waals surface area contributed by atoms with E-state index in [-0.39, 0.29) is 69.8 Å². The molecule has 0 aliphatic heterocycles. The third kappa shape index (κ3) is 5.80. The first kappa shape index (κ1) is 25.2. The first-order chi connectivity index (χ1) is 13.7. The number of carboxylic acids is 1. The van der Waals surface area contributed by atoms with E-state index in [2.05, 4.69) is 9.97 Å². The molecule has 10 heteroatoms. The van der Waals surface area contributed by atoms with Gasteiger partial charge in [0.25, 0.3) is 0 Å². The molecule has 1 aromatic carbocycles. The zero-order valence-electron chi connectivity index (χ0n) is 17.6. The molecule has 1 radical (unpaired) electrons. The van der Waals surface area contributed by atoms with Gasteiger partial charge in [0.1, 0.15) is 11.7 Å². The minimum Gasteiger partial charge on any atom is -0.497 e. The predicted octanol–water partition coefficient (Wildman–Crippen LogP) is 2.43. The molecule has 1 fully saturated rings. The van der Waals surface area contributed by atoms with Crippen LogP contribution in [0.3, 0.4) is 0 Å². The molecule has 8 nitrogen and oxygen atoms in total. The van der Waals surface area contributed by atoms with Gasteiger partial charge in [-0.1, -0.05) is 26.0 Å². The van der Waals surface area contributed by atoms with Gasteiger partial charge in [0.2, 0.25) is 16.0 Å². The number of nitrogens with zero attached hydrogens (tertiary/aromatic N) is 3. The molecule has 2 aromatic rings. The second-order valence-electron chi connectivity index (χ2n) is 7.44. The van der Waals surface area contributed by atoms with Gasteiger partial charge < -0.3 is 9.84 Å². The fourth-order valence-corrected chi connectivity index (χ4v) is 4.86. The van der Waals surface area contributed by atoms with Gasteiger partial charge in [0, 0.05) is 57.6 Å². The van der Waals surface area contributed by atoms with Crippen molar-refractivity contribution in [1.29, 1.82) is 0 Å². The summed E-state index contributed by atoms with van der Waals surface area (Å²) < 4.78 is 32.5. The minimum atomic E-state index is -3.65. The van der Waals surface area contributed by atoms with Gasteiger partial charge in [0.05, 0.1) is 24.6 Å². The summed E-state index contributed by atoms with van der Waals surface area (Å²) in [7, 11) is -2.09. The SMILES string of the molecule is COc1ccc(CN(c2nccc(C(C(=O)O)C(C)C)n2)S(=O)(=O)C2CC2)cc1.[K]. The number of rotatable bonds is 9. The van der Waals surface area contributed by atoms with E-state index in [1.807, 2.05) is 0 Å². The third-order valence-electron chi connectivity index (χ3n) is 4.88. The number of ether oxygens (including phenoxy) is 1. The van der Waals surface area contributed by atoms with Crippen LogP contribution >= 0.6 is 0 Å². The van der Waals surface area contributed by atoms with Crippen LogP contribution < -0.4 is 9.04 Å². The number of aliphatic carboxylic acids is 1. The molecular formula is C20H25KN3O5S. The molecule has 1 heterocycles. The molecule has 0 amide bonds. The van der Waals surface area contributed by atoms with Crippen molar-refractivity contribution >= 4 is 73.3 Å². The molecule has 1 saturated carbocycles. The Balaban J connectivity index is 0.00000320. The van der Waals surface area contributed by atoms with Crippen molar-refractivity contribution in [2.45, 2.75) is 44.4 Å². The normalized spacial score (nSPS) is 14.7. The summed E-state index contributed by atoms with van der Waals surface area (Å²) in [6.07, 6.45) is 2.62. The Morgan fingerprint density at radius 2 is 1.87 bits per heavy atom. The van der Waals surface area contributed by atoms with Crippen LogP contribution in [0.25, 0.3) is 0 Å². The topological polar surface area (TPSA) is 110 Å². The molecule has 1 unspecified atom stereocenters. The van der Waals surface area contributed by atoms with Crippen LogP contribution in [-0.2, 0) is 21.4 Å². The van der Waals surface area contributed by atoms with Crippen LogP contribution in [0.1, 0.15) is 43.9 Å². The number of carbonyl (C=O) groups is 1. The molecule has 1 aliphatic carbocycles. The van der Waals surface area contributed by atoms with E-state index < -0.39 is 27.2 Å². The Morgan fingerprint density at radius 3 is 2.37 bits per heavy atom. The van der Waals surface area contributed by atoms with Crippen LogP contribution in [0.4, 0.5) is 5.95 Å². The van der Waals surface area contributed by atoms with E-state index in [9.17, 15) is 18.3 Å². The molecule has 157 valence electrons. The van der Waals surface area contributed by atoms with Crippen molar-refractivity contribution in [2.75, 3.05) is 11.4 Å². The largest absolute Gasteiger partial charge is 0.497 e. The second-order valence-corrected chi connectivity index (χ2v) is 9.58. The Hall–Kier alpha value is -1.04. The maximum absolute atomic E-state index is 13.1. The van der Waals surface area contributed by atoms with Gasteiger partial charge in [-0.3, -0.25) is 4.79 Å². The van der Waals surface area contributed by atoms with Crippen molar-refractivity contribution in [1.82, 2.24) is 9.97 Å². The average molecular weight is 459 g/mol. The fraction of sp³-hybridized carbons (Fsp3) is 0.450. The third-order valence-corrected chi connectivity index (χ3v) is 7.10. The van der Waals surface area contributed by atoms with Crippen molar-refractivity contribution in [3.05, 3.63) is 47.8 Å². The number of anilines is 1. The first-order valence-corrected chi connectivity index (χ1v) is 10.9. The molecular weight excluding hydrogens is 433 g/mol. The Kier molecular flexibility index (Phi) is 8.84. The van der Waals surface area contributed by atoms with Crippen LogP contribution in [0, 0.1) is 5.92 Å².